The summed E-state index contributed by atoms with van der Waals surface area (Å²) in [6.07, 6.45) is 73.8. The van der Waals surface area contributed by atoms with Gasteiger partial charge in [-0.05, 0) is 89.9 Å². The van der Waals surface area contributed by atoms with E-state index in [0.717, 1.165) is 109 Å². The van der Waals surface area contributed by atoms with Gasteiger partial charge >= 0.3 is 17.9 Å². The highest BCUT2D eigenvalue weighted by Crippen LogP contribution is 2.16. The number of carbonyl (C=O) groups excluding carboxylic acids is 3. The third kappa shape index (κ3) is 55.6. The summed E-state index contributed by atoms with van der Waals surface area (Å²) in [7, 11) is 0. The van der Waals surface area contributed by atoms with Crippen molar-refractivity contribution < 1.29 is 28.6 Å². The summed E-state index contributed by atoms with van der Waals surface area (Å²) in [6.45, 7) is 6.44. The fourth-order valence-corrected chi connectivity index (χ4v) is 8.29. The quantitative estimate of drug-likeness (QED) is 0.0262. The first-order chi connectivity index (χ1) is 34.0. The minimum absolute atomic E-state index is 0.0801. The predicted molar refractivity (Wildman–Crippen MR) is 298 cm³/mol. The predicted octanol–water partition coefficient (Wildman–Crippen LogP) is 19.8. The maximum Gasteiger partial charge on any atom is 0.306 e. The molecule has 0 spiro atoms. The maximum absolute atomic E-state index is 12.8. The van der Waals surface area contributed by atoms with Gasteiger partial charge in [-0.15, -0.1) is 0 Å². The van der Waals surface area contributed by atoms with E-state index >= 15 is 0 Å². The van der Waals surface area contributed by atoms with Crippen LogP contribution in [0.15, 0.2) is 72.9 Å². The highest BCUT2D eigenvalue weighted by atomic mass is 16.6. The lowest BCUT2D eigenvalue weighted by atomic mass is 10.0. The number of unbranched alkanes of at least 4 members (excludes halogenated alkanes) is 30. The fourth-order valence-electron chi connectivity index (χ4n) is 8.29. The summed E-state index contributed by atoms with van der Waals surface area (Å²) < 4.78 is 16.7. The highest BCUT2D eigenvalue weighted by molar-refractivity contribution is 5.71. The molecule has 0 aromatic carbocycles. The molecule has 0 aliphatic heterocycles. The molecule has 0 aliphatic carbocycles. The normalized spacial score (nSPS) is 12.6. The van der Waals surface area contributed by atoms with Crippen LogP contribution in [0.5, 0.6) is 0 Å². The molecular weight excluding hydrogens is 853 g/mol. The van der Waals surface area contributed by atoms with Crippen molar-refractivity contribution in [3.05, 3.63) is 72.9 Å². The monoisotopic (exact) mass is 963 g/mol. The average Bonchev–Trinajstić information content (AvgIpc) is 3.35. The molecule has 6 nitrogen and oxygen atoms in total. The molecule has 69 heavy (non-hydrogen) atoms. The van der Waals surface area contributed by atoms with Crippen LogP contribution in [0.4, 0.5) is 0 Å². The van der Waals surface area contributed by atoms with Crippen molar-refractivity contribution in [1.82, 2.24) is 0 Å². The van der Waals surface area contributed by atoms with Gasteiger partial charge in [0.05, 0.1) is 0 Å². The van der Waals surface area contributed by atoms with Crippen LogP contribution in [-0.2, 0) is 28.6 Å². The van der Waals surface area contributed by atoms with Gasteiger partial charge in [-0.2, -0.15) is 0 Å². The SMILES string of the molecule is CC/C=C\C/C=C\C/C=C\C/C=C\CCCCCCCCC(=O)OC(COC(=O)CCCCCCC)COC(=O)CCCCCCCCCCCCCCCCC/C=C\C/C=C\CCCCCCC. The molecule has 0 aromatic rings. The van der Waals surface area contributed by atoms with Crippen molar-refractivity contribution in [2.75, 3.05) is 13.2 Å². The summed E-state index contributed by atoms with van der Waals surface area (Å²) >= 11 is 0. The summed E-state index contributed by atoms with van der Waals surface area (Å²) in [5, 5.41) is 0. The molecule has 0 aromatic heterocycles. The van der Waals surface area contributed by atoms with Crippen molar-refractivity contribution in [3.8, 4) is 0 Å². The van der Waals surface area contributed by atoms with Gasteiger partial charge in [0.1, 0.15) is 13.2 Å². The summed E-state index contributed by atoms with van der Waals surface area (Å²) in [5.74, 6) is -0.901. The van der Waals surface area contributed by atoms with Crippen molar-refractivity contribution in [1.29, 1.82) is 0 Å². The molecule has 6 heteroatoms. The molecule has 1 atom stereocenters. The lowest BCUT2D eigenvalue weighted by Crippen LogP contribution is -2.30. The zero-order valence-electron chi connectivity index (χ0n) is 45.6. The van der Waals surface area contributed by atoms with Crippen LogP contribution in [0.2, 0.25) is 0 Å². The van der Waals surface area contributed by atoms with Crippen molar-refractivity contribution >= 4 is 17.9 Å². The Morgan fingerprint density at radius 1 is 0.304 bits per heavy atom. The number of ether oxygens (including phenoxy) is 3. The average molecular weight is 964 g/mol. The van der Waals surface area contributed by atoms with Crippen LogP contribution in [-0.4, -0.2) is 37.2 Å². The molecule has 398 valence electrons. The number of hydrogen-bond acceptors (Lipinski definition) is 6. The molecular formula is C63H110O6. The van der Waals surface area contributed by atoms with Crippen molar-refractivity contribution in [2.24, 2.45) is 0 Å². The van der Waals surface area contributed by atoms with E-state index in [0.29, 0.717) is 19.3 Å². The van der Waals surface area contributed by atoms with Crippen LogP contribution in [0.1, 0.15) is 290 Å². The Kier molecular flexibility index (Phi) is 54.8. The zero-order valence-corrected chi connectivity index (χ0v) is 45.6. The van der Waals surface area contributed by atoms with Gasteiger partial charge in [0.25, 0.3) is 0 Å². The Labute approximate surface area is 427 Å². The van der Waals surface area contributed by atoms with Crippen LogP contribution >= 0.6 is 0 Å². The summed E-state index contributed by atoms with van der Waals surface area (Å²) in [6, 6.07) is 0. The maximum atomic E-state index is 12.8. The molecule has 1 unspecified atom stereocenters. The Balaban J connectivity index is 4.06. The van der Waals surface area contributed by atoms with Gasteiger partial charge in [0.15, 0.2) is 6.10 Å². The fraction of sp³-hybridized carbons (Fsp3) is 0.762. The molecule has 0 N–H and O–H groups in total. The van der Waals surface area contributed by atoms with Crippen molar-refractivity contribution in [2.45, 2.75) is 297 Å². The van der Waals surface area contributed by atoms with Crippen LogP contribution in [0.25, 0.3) is 0 Å². The number of rotatable bonds is 53. The van der Waals surface area contributed by atoms with E-state index < -0.39 is 6.10 Å². The molecule has 0 heterocycles. The number of allylic oxidation sites excluding steroid dienone is 12. The molecule has 0 amide bonds. The number of hydrogen-bond donors (Lipinski definition) is 0. The first-order valence-electron chi connectivity index (χ1n) is 29.4. The molecule has 0 saturated carbocycles. The lowest BCUT2D eigenvalue weighted by molar-refractivity contribution is -0.167. The minimum atomic E-state index is -0.779. The lowest BCUT2D eigenvalue weighted by Gasteiger charge is -2.18. The second kappa shape index (κ2) is 57.4. The Morgan fingerprint density at radius 2 is 0.565 bits per heavy atom. The van der Waals surface area contributed by atoms with Crippen LogP contribution in [0, 0.1) is 0 Å². The molecule has 0 fully saturated rings. The zero-order chi connectivity index (χ0) is 50.0. The van der Waals surface area contributed by atoms with Crippen LogP contribution < -0.4 is 0 Å². The van der Waals surface area contributed by atoms with Gasteiger partial charge in [-0.25, -0.2) is 0 Å². The van der Waals surface area contributed by atoms with Gasteiger partial charge < -0.3 is 14.2 Å². The number of esters is 3. The minimum Gasteiger partial charge on any atom is -0.462 e. The topological polar surface area (TPSA) is 78.9 Å². The molecule has 0 saturated heterocycles. The van der Waals surface area contributed by atoms with E-state index in [1.165, 1.54) is 141 Å². The molecule has 0 rings (SSSR count). The van der Waals surface area contributed by atoms with Gasteiger partial charge in [-0.1, -0.05) is 254 Å². The van der Waals surface area contributed by atoms with Crippen molar-refractivity contribution in [3.63, 3.8) is 0 Å². The van der Waals surface area contributed by atoms with Gasteiger partial charge in [-0.3, -0.25) is 14.4 Å². The molecule has 0 bridgehead atoms. The second-order valence-corrected chi connectivity index (χ2v) is 19.5. The largest absolute Gasteiger partial charge is 0.462 e. The van der Waals surface area contributed by atoms with E-state index in [2.05, 4.69) is 93.7 Å². The highest BCUT2D eigenvalue weighted by Gasteiger charge is 2.19. The molecule has 0 aliphatic rings. The third-order valence-electron chi connectivity index (χ3n) is 12.7. The van der Waals surface area contributed by atoms with Gasteiger partial charge in [0.2, 0.25) is 0 Å². The van der Waals surface area contributed by atoms with E-state index in [1.54, 1.807) is 0 Å². The molecule has 0 radical (unpaired) electrons. The summed E-state index contributed by atoms with van der Waals surface area (Å²) in [5.41, 5.74) is 0. The van der Waals surface area contributed by atoms with Gasteiger partial charge in [0, 0.05) is 19.3 Å². The van der Waals surface area contributed by atoms with E-state index in [9.17, 15) is 14.4 Å². The van der Waals surface area contributed by atoms with E-state index in [4.69, 9.17) is 14.2 Å². The van der Waals surface area contributed by atoms with E-state index in [1.807, 2.05) is 0 Å². The Morgan fingerprint density at radius 3 is 0.884 bits per heavy atom. The second-order valence-electron chi connectivity index (χ2n) is 19.5. The third-order valence-corrected chi connectivity index (χ3v) is 12.7. The Hall–Kier alpha value is -3.15. The summed E-state index contributed by atoms with van der Waals surface area (Å²) in [4.78, 5) is 37.8. The first kappa shape index (κ1) is 65.8. The number of carbonyl (C=O) groups is 3. The first-order valence-corrected chi connectivity index (χ1v) is 29.4. The van der Waals surface area contributed by atoms with Crippen LogP contribution in [0.3, 0.4) is 0 Å². The smallest absolute Gasteiger partial charge is 0.306 e. The van der Waals surface area contributed by atoms with E-state index in [-0.39, 0.29) is 31.1 Å². The standard InChI is InChI=1S/C63H110O6/c1-4-7-10-13-15-17-19-21-23-25-27-28-29-30-31-32-33-34-36-37-39-41-43-45-47-50-53-56-62(65)68-59-60(58-67-61(64)55-52-49-12-9-6-3)69-63(66)57-54-51-48-46-44-42-40-38-35-26-24-22-20-18-16-14-11-8-5-2/h8,11,16,18-19,21-22,24-25,27,35,38,60H,4-7,9-10,12-15,17,20,23,26,28-34,36-37,39-59H2,1-3H3/b11-8-,18-16-,21-19-,24-22-,27-25-,38-35-. The Bertz CT molecular complexity index is 1290.